The number of carbonyl (C=O) groups is 1. The molecule has 27 heavy (non-hydrogen) atoms. The van der Waals surface area contributed by atoms with E-state index in [2.05, 4.69) is 15.1 Å². The fraction of sp³-hybridized carbons (Fsp3) is 0.250. The second kappa shape index (κ2) is 7.49. The van der Waals surface area contributed by atoms with Crippen molar-refractivity contribution < 1.29 is 14.7 Å². The van der Waals surface area contributed by atoms with Crippen LogP contribution in [-0.2, 0) is 4.84 Å². The van der Waals surface area contributed by atoms with Gasteiger partial charge in [0.2, 0.25) is 0 Å². The zero-order chi connectivity index (χ0) is 18.6. The zero-order valence-electron chi connectivity index (χ0n) is 14.7. The van der Waals surface area contributed by atoms with Crippen LogP contribution in [0.1, 0.15) is 24.1 Å². The van der Waals surface area contributed by atoms with Gasteiger partial charge in [-0.3, -0.25) is 4.98 Å². The standard InChI is InChI=1S/C20H20N4O3/c25-20(26)24-10-4-7-16(13-24)27-23-19(14-5-2-1-3-6-14)17-11-15-8-9-21-12-18(15)22-17/h1-3,5-6,8-9,11-12,16,22H,4,7,10,13H2,(H,25,26). The van der Waals surface area contributed by atoms with E-state index in [0.717, 1.165) is 35.0 Å². The third-order valence-corrected chi connectivity index (χ3v) is 4.67. The molecule has 1 aromatic carbocycles. The summed E-state index contributed by atoms with van der Waals surface area (Å²) in [5.74, 6) is 0. The van der Waals surface area contributed by atoms with Crippen molar-refractivity contribution in [3.05, 3.63) is 66.1 Å². The number of pyridine rings is 1. The minimum atomic E-state index is -0.918. The number of hydrogen-bond donors (Lipinski definition) is 2. The van der Waals surface area contributed by atoms with Gasteiger partial charge in [0.05, 0.1) is 24.0 Å². The van der Waals surface area contributed by atoms with E-state index >= 15 is 0 Å². The van der Waals surface area contributed by atoms with Crippen LogP contribution in [0.5, 0.6) is 0 Å². The lowest BCUT2D eigenvalue weighted by Crippen LogP contribution is -2.42. The van der Waals surface area contributed by atoms with Gasteiger partial charge in [-0.25, -0.2) is 4.79 Å². The topological polar surface area (TPSA) is 90.8 Å². The smallest absolute Gasteiger partial charge is 0.407 e. The fourth-order valence-electron chi connectivity index (χ4n) is 3.28. The second-order valence-electron chi connectivity index (χ2n) is 6.55. The number of nitrogens with zero attached hydrogens (tertiary/aromatic N) is 3. The molecule has 0 bridgehead atoms. The molecule has 3 aromatic rings. The first-order valence-corrected chi connectivity index (χ1v) is 8.91. The van der Waals surface area contributed by atoms with Crippen LogP contribution in [0.15, 0.2) is 60.0 Å². The number of benzene rings is 1. The van der Waals surface area contributed by atoms with Gasteiger partial charge >= 0.3 is 6.09 Å². The summed E-state index contributed by atoms with van der Waals surface area (Å²) >= 11 is 0. The van der Waals surface area contributed by atoms with Gasteiger partial charge in [0, 0.05) is 23.7 Å². The van der Waals surface area contributed by atoms with Gasteiger partial charge in [0.25, 0.3) is 0 Å². The van der Waals surface area contributed by atoms with Crippen LogP contribution in [0.3, 0.4) is 0 Å². The van der Waals surface area contributed by atoms with E-state index < -0.39 is 6.09 Å². The van der Waals surface area contributed by atoms with Crippen LogP contribution >= 0.6 is 0 Å². The average Bonchev–Trinajstić information content (AvgIpc) is 3.13. The van der Waals surface area contributed by atoms with Crippen LogP contribution in [0.2, 0.25) is 0 Å². The van der Waals surface area contributed by atoms with Crippen LogP contribution < -0.4 is 0 Å². The normalized spacial score (nSPS) is 17.9. The summed E-state index contributed by atoms with van der Waals surface area (Å²) in [5, 5.41) is 14.7. The second-order valence-corrected chi connectivity index (χ2v) is 6.55. The number of rotatable bonds is 4. The van der Waals surface area contributed by atoms with Crippen molar-refractivity contribution in [1.82, 2.24) is 14.9 Å². The molecule has 3 heterocycles. The predicted molar refractivity (Wildman–Crippen MR) is 102 cm³/mol. The molecule has 0 aliphatic carbocycles. The Morgan fingerprint density at radius 1 is 1.30 bits per heavy atom. The minimum absolute atomic E-state index is 0.250. The van der Waals surface area contributed by atoms with E-state index in [-0.39, 0.29) is 6.10 Å². The van der Waals surface area contributed by atoms with Crippen LogP contribution in [-0.4, -0.2) is 51.0 Å². The van der Waals surface area contributed by atoms with Gasteiger partial charge in [-0.05, 0) is 25.0 Å². The molecule has 0 radical (unpaired) electrons. The molecule has 1 amide bonds. The van der Waals surface area contributed by atoms with Crippen LogP contribution in [0.25, 0.3) is 10.9 Å². The highest BCUT2D eigenvalue weighted by molar-refractivity contribution is 6.13. The Kier molecular flexibility index (Phi) is 4.74. The fourth-order valence-corrected chi connectivity index (χ4v) is 3.28. The Bertz CT molecular complexity index is 935. The molecule has 2 aromatic heterocycles. The molecular weight excluding hydrogens is 344 g/mol. The van der Waals surface area contributed by atoms with Crippen molar-refractivity contribution in [2.24, 2.45) is 5.16 Å². The number of piperidine rings is 1. The first-order valence-electron chi connectivity index (χ1n) is 8.91. The molecule has 2 N–H and O–H groups in total. The number of hydrogen-bond acceptors (Lipinski definition) is 4. The number of likely N-dealkylation sites (tertiary alicyclic amines) is 1. The van der Waals surface area contributed by atoms with E-state index in [1.54, 1.807) is 12.4 Å². The third kappa shape index (κ3) is 3.76. The highest BCUT2D eigenvalue weighted by Crippen LogP contribution is 2.19. The van der Waals surface area contributed by atoms with Crippen molar-refractivity contribution >= 4 is 22.7 Å². The van der Waals surface area contributed by atoms with Gasteiger partial charge in [-0.15, -0.1) is 0 Å². The van der Waals surface area contributed by atoms with E-state index in [9.17, 15) is 9.90 Å². The van der Waals surface area contributed by atoms with E-state index in [4.69, 9.17) is 4.84 Å². The molecule has 1 saturated heterocycles. The van der Waals surface area contributed by atoms with Crippen LogP contribution in [0.4, 0.5) is 4.79 Å². The van der Waals surface area contributed by atoms with Crippen molar-refractivity contribution in [2.45, 2.75) is 18.9 Å². The summed E-state index contributed by atoms with van der Waals surface area (Å²) in [7, 11) is 0. The van der Waals surface area contributed by atoms with Crippen molar-refractivity contribution in [3.63, 3.8) is 0 Å². The lowest BCUT2D eigenvalue weighted by molar-refractivity contribution is 0.00631. The van der Waals surface area contributed by atoms with Gasteiger partial charge in [-0.2, -0.15) is 0 Å². The molecule has 0 spiro atoms. The maximum atomic E-state index is 11.2. The van der Waals surface area contributed by atoms with Gasteiger partial charge in [-0.1, -0.05) is 35.5 Å². The number of H-pyrrole nitrogens is 1. The third-order valence-electron chi connectivity index (χ3n) is 4.67. The average molecular weight is 364 g/mol. The van der Waals surface area contributed by atoms with E-state index in [1.807, 2.05) is 42.5 Å². The molecule has 7 heteroatoms. The molecule has 1 aliphatic heterocycles. The summed E-state index contributed by atoms with van der Waals surface area (Å²) in [5.41, 5.74) is 3.35. The number of nitrogens with one attached hydrogen (secondary N) is 1. The Balaban J connectivity index is 1.64. The number of aromatic amines is 1. The molecule has 0 saturated carbocycles. The first kappa shape index (κ1) is 17.1. The lowest BCUT2D eigenvalue weighted by Gasteiger charge is -2.29. The number of fused-ring (bicyclic) bond motifs is 1. The highest BCUT2D eigenvalue weighted by Gasteiger charge is 2.25. The maximum Gasteiger partial charge on any atom is 0.407 e. The summed E-state index contributed by atoms with van der Waals surface area (Å²) in [6.07, 6.45) is 3.90. The quantitative estimate of drug-likeness (QED) is 0.548. The Hall–Kier alpha value is -3.35. The molecule has 138 valence electrons. The zero-order valence-corrected chi connectivity index (χ0v) is 14.7. The first-order chi connectivity index (χ1) is 13.2. The highest BCUT2D eigenvalue weighted by atomic mass is 16.6. The summed E-state index contributed by atoms with van der Waals surface area (Å²) in [4.78, 5) is 25.8. The largest absolute Gasteiger partial charge is 0.465 e. The van der Waals surface area contributed by atoms with Crippen molar-refractivity contribution in [1.29, 1.82) is 0 Å². The summed E-state index contributed by atoms with van der Waals surface area (Å²) in [6.45, 7) is 0.872. The van der Waals surface area contributed by atoms with Crippen molar-refractivity contribution in [3.8, 4) is 0 Å². The van der Waals surface area contributed by atoms with E-state index in [0.29, 0.717) is 18.8 Å². The van der Waals surface area contributed by atoms with Gasteiger partial charge < -0.3 is 19.8 Å². The SMILES string of the molecule is O=C(O)N1CCCC(ON=C(c2ccccc2)c2cc3ccncc3[nH]2)C1. The lowest BCUT2D eigenvalue weighted by atomic mass is 10.1. The predicted octanol–water partition coefficient (Wildman–Crippen LogP) is 3.47. The number of aromatic nitrogens is 2. The van der Waals surface area contributed by atoms with Gasteiger partial charge in [0.1, 0.15) is 11.8 Å². The molecule has 1 atom stereocenters. The van der Waals surface area contributed by atoms with Gasteiger partial charge in [0.15, 0.2) is 0 Å². The minimum Gasteiger partial charge on any atom is -0.465 e. The molecule has 1 aliphatic rings. The van der Waals surface area contributed by atoms with E-state index in [1.165, 1.54) is 4.90 Å². The molecule has 7 nitrogen and oxygen atoms in total. The Labute approximate surface area is 156 Å². The monoisotopic (exact) mass is 364 g/mol. The Morgan fingerprint density at radius 3 is 2.93 bits per heavy atom. The molecular formula is C20H20N4O3. The summed E-state index contributed by atoms with van der Waals surface area (Å²) < 4.78 is 0. The molecule has 1 unspecified atom stereocenters. The molecule has 4 rings (SSSR count). The number of carboxylic acid groups (broad SMARTS) is 1. The molecule has 1 fully saturated rings. The maximum absolute atomic E-state index is 11.2. The number of oxime groups is 1. The summed E-state index contributed by atoms with van der Waals surface area (Å²) in [6, 6.07) is 13.7. The Morgan fingerprint density at radius 2 is 2.15 bits per heavy atom. The number of amides is 1. The van der Waals surface area contributed by atoms with Crippen LogP contribution in [0, 0.1) is 0 Å². The van der Waals surface area contributed by atoms with Crippen molar-refractivity contribution in [2.75, 3.05) is 13.1 Å².